The van der Waals surface area contributed by atoms with Gasteiger partial charge in [-0.2, -0.15) is 47.9 Å². The van der Waals surface area contributed by atoms with Gasteiger partial charge in [0.15, 0.2) is 5.75 Å². The van der Waals surface area contributed by atoms with E-state index in [9.17, 15) is 47.9 Å². The maximum Gasteiger partial charge on any atom is 0.460 e. The molecule has 0 radical (unpaired) electrons. The molecule has 2 rings (SSSR count). The van der Waals surface area contributed by atoms with E-state index in [4.69, 9.17) is 11.6 Å². The van der Waals surface area contributed by atoms with Gasteiger partial charge >= 0.3 is 33.4 Å². The molecule has 166 valence electrons. The quantitative estimate of drug-likeness (QED) is 0.364. The fourth-order valence-electron chi connectivity index (χ4n) is 2.13. The van der Waals surface area contributed by atoms with Crippen molar-refractivity contribution in [3.05, 3.63) is 53.6 Å². The molecule has 0 N–H and O–H groups in total. The monoisotopic (exact) mass is 486 g/mol. The third-order valence-electron chi connectivity index (χ3n) is 3.68. The van der Waals surface area contributed by atoms with Crippen molar-refractivity contribution < 1.29 is 52.1 Å². The molecule has 0 spiro atoms. The van der Waals surface area contributed by atoms with Crippen LogP contribution >= 0.6 is 11.6 Å². The summed E-state index contributed by atoms with van der Waals surface area (Å²) in [5, 5.41) is -7.03. The van der Waals surface area contributed by atoms with Gasteiger partial charge in [-0.3, -0.25) is 0 Å². The van der Waals surface area contributed by atoms with Gasteiger partial charge in [0.2, 0.25) is 0 Å². The summed E-state index contributed by atoms with van der Waals surface area (Å²) in [4.78, 5) is 0. The maximum atomic E-state index is 13.8. The van der Waals surface area contributed by atoms with Gasteiger partial charge in [0, 0.05) is 16.1 Å². The highest BCUT2D eigenvalue weighted by atomic mass is 35.5. The number of alkyl halides is 9. The Morgan fingerprint density at radius 2 is 1.17 bits per heavy atom. The van der Waals surface area contributed by atoms with Crippen molar-refractivity contribution in [3.63, 3.8) is 0 Å². The van der Waals surface area contributed by atoms with Gasteiger partial charge in [0.1, 0.15) is 0 Å². The smallest absolute Gasteiger partial charge is 0.377 e. The molecular formula is C16H8ClF9O3S. The average molecular weight is 487 g/mol. The molecule has 3 nitrogen and oxygen atoms in total. The molecule has 0 heterocycles. The molecule has 0 amide bonds. The van der Waals surface area contributed by atoms with Crippen LogP contribution in [0.4, 0.5) is 39.5 Å². The largest absolute Gasteiger partial charge is 0.460 e. The topological polar surface area (TPSA) is 43.4 Å². The number of hydrogen-bond acceptors (Lipinski definition) is 3. The zero-order valence-corrected chi connectivity index (χ0v) is 15.6. The van der Waals surface area contributed by atoms with Crippen LogP contribution in [0.15, 0.2) is 48.5 Å². The molecular weight excluding hydrogens is 479 g/mol. The second-order valence-corrected chi connectivity index (χ2v) is 7.67. The lowest BCUT2D eigenvalue weighted by atomic mass is 10.1. The second kappa shape index (κ2) is 7.52. The van der Waals surface area contributed by atoms with E-state index in [0.29, 0.717) is 6.07 Å². The molecule has 14 heteroatoms. The lowest BCUT2D eigenvalue weighted by Gasteiger charge is -2.32. The van der Waals surface area contributed by atoms with E-state index in [-0.39, 0.29) is 16.1 Å². The molecule has 0 aromatic heterocycles. The standard InChI is InChI=1S/C16H8ClF9O3S/c17-11-7-3-1-5-9(11)10-6-2-4-8-12(10)29-30(27,28)16(25,26)14(20,21)13(18,19)15(22,23)24/h1-8H. The fourth-order valence-corrected chi connectivity index (χ4v) is 3.30. The Balaban J connectivity index is 2.56. The minimum absolute atomic E-state index is 0.0272. The SMILES string of the molecule is O=S(=O)(Oc1ccccc1-c1ccccc1Cl)C(F)(F)C(F)(F)C(F)(F)C(F)(F)F. The van der Waals surface area contributed by atoms with Gasteiger partial charge in [-0.25, -0.2) is 0 Å². The first-order valence-electron chi connectivity index (χ1n) is 7.45. The summed E-state index contributed by atoms with van der Waals surface area (Å²) in [6, 6.07) is 9.34. The minimum Gasteiger partial charge on any atom is -0.377 e. The third kappa shape index (κ3) is 3.80. The summed E-state index contributed by atoms with van der Waals surface area (Å²) in [6.45, 7) is 0. The van der Waals surface area contributed by atoms with Crippen LogP contribution in [0, 0.1) is 0 Å². The zero-order valence-electron chi connectivity index (χ0n) is 14.0. The first-order chi connectivity index (χ1) is 13.5. The zero-order chi connectivity index (χ0) is 23.2. The summed E-state index contributed by atoms with van der Waals surface area (Å²) >= 11 is 5.88. The Hall–Kier alpha value is -2.15. The molecule has 0 aliphatic heterocycles. The van der Waals surface area contributed by atoms with Crippen LogP contribution in [0.1, 0.15) is 0 Å². The van der Waals surface area contributed by atoms with E-state index in [1.165, 1.54) is 30.3 Å². The molecule has 0 saturated heterocycles. The number of halogens is 10. The Kier molecular flexibility index (Phi) is 6.05. The van der Waals surface area contributed by atoms with Crippen LogP contribution in [-0.2, 0) is 10.1 Å². The lowest BCUT2D eigenvalue weighted by Crippen LogP contribution is -2.63. The first kappa shape index (κ1) is 24.1. The number of para-hydroxylation sites is 1. The van der Waals surface area contributed by atoms with Crippen molar-refractivity contribution in [3.8, 4) is 16.9 Å². The number of rotatable bonds is 6. The number of hydrogen-bond donors (Lipinski definition) is 0. The van der Waals surface area contributed by atoms with Gasteiger partial charge in [-0.15, -0.1) is 0 Å². The predicted octanol–water partition coefficient (Wildman–Crippen LogP) is 6.14. The highest BCUT2D eigenvalue weighted by Crippen LogP contribution is 2.55. The van der Waals surface area contributed by atoms with Crippen LogP contribution in [0.5, 0.6) is 5.75 Å². The third-order valence-corrected chi connectivity index (χ3v) is 5.29. The molecule has 0 saturated carbocycles. The molecule has 30 heavy (non-hydrogen) atoms. The molecule has 0 aliphatic rings. The van der Waals surface area contributed by atoms with Gasteiger partial charge in [-0.1, -0.05) is 48.0 Å². The molecule has 0 unspecified atom stereocenters. The van der Waals surface area contributed by atoms with Crippen LogP contribution in [0.2, 0.25) is 5.02 Å². The molecule has 0 bridgehead atoms. The van der Waals surface area contributed by atoms with Crippen LogP contribution in [0.25, 0.3) is 11.1 Å². The fraction of sp³-hybridized carbons (Fsp3) is 0.250. The van der Waals surface area contributed by atoms with E-state index < -0.39 is 39.1 Å². The molecule has 2 aromatic carbocycles. The highest BCUT2D eigenvalue weighted by molar-refractivity contribution is 7.88. The van der Waals surface area contributed by atoms with Crippen LogP contribution < -0.4 is 4.18 Å². The summed E-state index contributed by atoms with van der Waals surface area (Å²) in [5.74, 6) is -15.8. The lowest BCUT2D eigenvalue weighted by molar-refractivity contribution is -0.382. The van der Waals surface area contributed by atoms with Gasteiger partial charge in [0.25, 0.3) is 0 Å². The van der Waals surface area contributed by atoms with Crippen molar-refractivity contribution in [1.29, 1.82) is 0 Å². The van der Waals surface area contributed by atoms with Crippen LogP contribution in [0.3, 0.4) is 0 Å². The van der Waals surface area contributed by atoms with E-state index in [2.05, 4.69) is 4.18 Å². The molecule has 0 aliphatic carbocycles. The van der Waals surface area contributed by atoms with Crippen molar-refractivity contribution in [1.82, 2.24) is 0 Å². The van der Waals surface area contributed by atoms with Gasteiger partial charge < -0.3 is 4.18 Å². The number of benzene rings is 2. The van der Waals surface area contributed by atoms with Gasteiger partial charge in [0.05, 0.1) is 0 Å². The highest BCUT2D eigenvalue weighted by Gasteiger charge is 2.86. The van der Waals surface area contributed by atoms with Gasteiger partial charge in [-0.05, 0) is 12.1 Å². The molecule has 0 atom stereocenters. The van der Waals surface area contributed by atoms with Crippen molar-refractivity contribution in [2.24, 2.45) is 0 Å². The second-order valence-electron chi connectivity index (χ2n) is 5.68. The van der Waals surface area contributed by atoms with Crippen molar-refractivity contribution in [2.75, 3.05) is 0 Å². The van der Waals surface area contributed by atoms with E-state index in [1.807, 2.05) is 0 Å². The Bertz CT molecular complexity index is 1040. The Labute approximate surface area is 168 Å². The van der Waals surface area contributed by atoms with E-state index >= 15 is 0 Å². The van der Waals surface area contributed by atoms with E-state index in [1.54, 1.807) is 0 Å². The summed E-state index contributed by atoms with van der Waals surface area (Å²) in [6.07, 6.45) is -7.18. The Morgan fingerprint density at radius 1 is 0.700 bits per heavy atom. The predicted molar refractivity (Wildman–Crippen MR) is 87.3 cm³/mol. The van der Waals surface area contributed by atoms with Crippen molar-refractivity contribution >= 4 is 21.7 Å². The molecule has 2 aromatic rings. The van der Waals surface area contributed by atoms with Crippen LogP contribution in [-0.4, -0.2) is 31.7 Å². The summed E-state index contributed by atoms with van der Waals surface area (Å²) in [5.41, 5.74) is -0.367. The minimum atomic E-state index is -7.39. The summed E-state index contributed by atoms with van der Waals surface area (Å²) in [7, 11) is -7.06. The molecule has 0 fully saturated rings. The van der Waals surface area contributed by atoms with Crippen molar-refractivity contribution in [2.45, 2.75) is 23.3 Å². The summed E-state index contributed by atoms with van der Waals surface area (Å²) < 4.78 is 144. The average Bonchev–Trinajstić information content (AvgIpc) is 2.61. The Morgan fingerprint density at radius 3 is 1.67 bits per heavy atom. The maximum absolute atomic E-state index is 13.8. The first-order valence-corrected chi connectivity index (χ1v) is 9.24. The normalized spacial score (nSPS) is 13.9. The van der Waals surface area contributed by atoms with E-state index in [0.717, 1.165) is 12.1 Å².